The molecular weight excluding hydrogens is 509 g/mol. The molecular formula is C27H24FN5O2S2. The van der Waals surface area contributed by atoms with Gasteiger partial charge in [0, 0.05) is 31.2 Å². The van der Waals surface area contributed by atoms with Crippen LogP contribution in [0.25, 0.3) is 15.4 Å². The van der Waals surface area contributed by atoms with Crippen LogP contribution in [0.2, 0.25) is 0 Å². The minimum atomic E-state index is -0.340. The highest BCUT2D eigenvalue weighted by Gasteiger charge is 2.25. The molecule has 5 aromatic rings. The molecule has 0 aliphatic rings. The fourth-order valence-electron chi connectivity index (χ4n) is 4.13. The Morgan fingerprint density at radius 2 is 1.81 bits per heavy atom. The quantitative estimate of drug-likeness (QED) is 0.292. The first kappa shape index (κ1) is 24.8. The number of nitrogens with one attached hydrogen (secondary N) is 1. The molecule has 7 nitrogen and oxygen atoms in total. The molecule has 5 rings (SSSR count). The number of hydrogen-bond donors (Lipinski definition) is 1. The van der Waals surface area contributed by atoms with Crippen molar-refractivity contribution in [2.75, 3.05) is 13.1 Å². The molecule has 0 atom stereocenters. The van der Waals surface area contributed by atoms with Crippen molar-refractivity contribution in [3.63, 3.8) is 0 Å². The number of imidazole rings is 1. The second-order valence-electron chi connectivity index (χ2n) is 8.49. The molecule has 0 spiro atoms. The SMILES string of the molecule is Cc1nc(C(=O)N(CCNC(=O)c2c(C)nc3sccn23)Cc2ccccc2)c(-c2ccc(F)cc2)s1. The lowest BCUT2D eigenvalue weighted by Gasteiger charge is -2.23. The van der Waals surface area contributed by atoms with Crippen molar-refractivity contribution < 1.29 is 14.0 Å². The Balaban J connectivity index is 1.38. The fourth-order valence-corrected chi connectivity index (χ4v) is 5.81. The summed E-state index contributed by atoms with van der Waals surface area (Å²) >= 11 is 2.86. The predicted molar refractivity (Wildman–Crippen MR) is 144 cm³/mol. The van der Waals surface area contributed by atoms with Crippen LogP contribution in [0, 0.1) is 19.7 Å². The number of carbonyl (C=O) groups excluding carboxylic acids is 2. The molecule has 0 saturated heterocycles. The minimum Gasteiger partial charge on any atom is -0.349 e. The van der Waals surface area contributed by atoms with Gasteiger partial charge in [0.15, 0.2) is 4.96 Å². The number of aryl methyl sites for hydroxylation is 2. The monoisotopic (exact) mass is 533 g/mol. The van der Waals surface area contributed by atoms with E-state index in [1.165, 1.54) is 34.8 Å². The Bertz CT molecular complexity index is 1560. The van der Waals surface area contributed by atoms with E-state index in [1.807, 2.05) is 48.8 Å². The molecule has 0 saturated carbocycles. The largest absolute Gasteiger partial charge is 0.349 e. The number of benzene rings is 2. The summed E-state index contributed by atoms with van der Waals surface area (Å²) < 4.78 is 15.3. The number of fused-ring (bicyclic) bond motifs is 1. The Kier molecular flexibility index (Phi) is 7.11. The first-order valence-electron chi connectivity index (χ1n) is 11.7. The van der Waals surface area contributed by atoms with Crippen LogP contribution < -0.4 is 5.32 Å². The van der Waals surface area contributed by atoms with Crippen molar-refractivity contribution in [3.8, 4) is 10.4 Å². The zero-order valence-electron chi connectivity index (χ0n) is 20.3. The Morgan fingerprint density at radius 3 is 2.57 bits per heavy atom. The number of nitrogens with zero attached hydrogens (tertiary/aromatic N) is 4. The molecule has 0 unspecified atom stereocenters. The summed E-state index contributed by atoms with van der Waals surface area (Å²) in [5.41, 5.74) is 3.17. The van der Waals surface area contributed by atoms with E-state index in [4.69, 9.17) is 0 Å². The summed E-state index contributed by atoms with van der Waals surface area (Å²) in [5, 5.41) is 5.56. The number of amides is 2. The van der Waals surface area contributed by atoms with Gasteiger partial charge >= 0.3 is 0 Å². The molecule has 0 radical (unpaired) electrons. The van der Waals surface area contributed by atoms with Gasteiger partial charge in [0.2, 0.25) is 0 Å². The minimum absolute atomic E-state index is 0.244. The van der Waals surface area contributed by atoms with E-state index >= 15 is 0 Å². The molecule has 3 aromatic heterocycles. The number of hydrogen-bond acceptors (Lipinski definition) is 6. The summed E-state index contributed by atoms with van der Waals surface area (Å²) in [6, 6.07) is 15.7. The highest BCUT2D eigenvalue weighted by atomic mass is 32.1. The van der Waals surface area contributed by atoms with Gasteiger partial charge in [-0.05, 0) is 37.1 Å². The van der Waals surface area contributed by atoms with Gasteiger partial charge in [-0.1, -0.05) is 42.5 Å². The molecule has 0 bridgehead atoms. The molecule has 0 aliphatic heterocycles. The number of thiazole rings is 2. The first-order valence-corrected chi connectivity index (χ1v) is 13.4. The lowest BCUT2D eigenvalue weighted by Crippen LogP contribution is -2.39. The summed E-state index contributed by atoms with van der Waals surface area (Å²) in [6.07, 6.45) is 1.82. The van der Waals surface area contributed by atoms with Gasteiger partial charge in [-0.2, -0.15) is 0 Å². The van der Waals surface area contributed by atoms with Crippen LogP contribution in [0.15, 0.2) is 66.2 Å². The maximum absolute atomic E-state index is 13.8. The van der Waals surface area contributed by atoms with E-state index < -0.39 is 0 Å². The van der Waals surface area contributed by atoms with Gasteiger partial charge in [-0.25, -0.2) is 14.4 Å². The van der Waals surface area contributed by atoms with Crippen molar-refractivity contribution in [2.45, 2.75) is 20.4 Å². The Hall–Kier alpha value is -3.89. The maximum Gasteiger partial charge on any atom is 0.274 e. The van der Waals surface area contributed by atoms with Crippen LogP contribution in [0.5, 0.6) is 0 Å². The van der Waals surface area contributed by atoms with E-state index in [-0.39, 0.29) is 30.7 Å². The molecule has 10 heteroatoms. The van der Waals surface area contributed by atoms with E-state index in [0.717, 1.165) is 21.1 Å². The van der Waals surface area contributed by atoms with Crippen molar-refractivity contribution >= 4 is 39.4 Å². The van der Waals surface area contributed by atoms with Crippen LogP contribution in [0.1, 0.15) is 37.2 Å². The highest BCUT2D eigenvalue weighted by molar-refractivity contribution is 7.15. The van der Waals surface area contributed by atoms with E-state index in [2.05, 4.69) is 15.3 Å². The predicted octanol–water partition coefficient (Wildman–Crippen LogP) is 5.35. The van der Waals surface area contributed by atoms with Crippen molar-refractivity contribution in [1.82, 2.24) is 24.6 Å². The highest BCUT2D eigenvalue weighted by Crippen LogP contribution is 2.31. The third-order valence-electron chi connectivity index (χ3n) is 5.87. The molecule has 2 aromatic carbocycles. The average molecular weight is 534 g/mol. The van der Waals surface area contributed by atoms with Gasteiger partial charge in [0.25, 0.3) is 11.8 Å². The number of rotatable bonds is 8. The van der Waals surface area contributed by atoms with Crippen LogP contribution in [0.4, 0.5) is 4.39 Å². The number of aromatic nitrogens is 3. The van der Waals surface area contributed by atoms with Crippen LogP contribution in [-0.4, -0.2) is 44.2 Å². The van der Waals surface area contributed by atoms with Gasteiger partial charge in [-0.3, -0.25) is 14.0 Å². The molecule has 1 N–H and O–H groups in total. The van der Waals surface area contributed by atoms with Gasteiger partial charge < -0.3 is 10.2 Å². The Morgan fingerprint density at radius 1 is 1.05 bits per heavy atom. The second-order valence-corrected chi connectivity index (χ2v) is 10.6. The van der Waals surface area contributed by atoms with Crippen LogP contribution in [-0.2, 0) is 6.54 Å². The molecule has 188 valence electrons. The van der Waals surface area contributed by atoms with Crippen LogP contribution >= 0.6 is 22.7 Å². The summed E-state index contributed by atoms with van der Waals surface area (Å²) in [5.74, 6) is -0.831. The summed E-state index contributed by atoms with van der Waals surface area (Å²) in [7, 11) is 0. The summed E-state index contributed by atoms with van der Waals surface area (Å²) in [6.45, 7) is 4.54. The lowest BCUT2D eigenvalue weighted by molar-refractivity contribution is 0.0732. The molecule has 37 heavy (non-hydrogen) atoms. The van der Waals surface area contributed by atoms with Crippen molar-refractivity contribution in [1.29, 1.82) is 0 Å². The lowest BCUT2D eigenvalue weighted by atomic mass is 10.1. The smallest absolute Gasteiger partial charge is 0.274 e. The van der Waals surface area contributed by atoms with Crippen molar-refractivity contribution in [2.24, 2.45) is 0 Å². The third-order valence-corrected chi connectivity index (χ3v) is 7.64. The van der Waals surface area contributed by atoms with E-state index in [9.17, 15) is 14.0 Å². The van der Waals surface area contributed by atoms with Crippen molar-refractivity contribution in [3.05, 3.63) is 99.6 Å². The van der Waals surface area contributed by atoms with Crippen LogP contribution in [0.3, 0.4) is 0 Å². The second kappa shape index (κ2) is 10.6. The molecule has 3 heterocycles. The number of carbonyl (C=O) groups is 2. The molecule has 0 fully saturated rings. The molecule has 0 aliphatic carbocycles. The van der Waals surface area contributed by atoms with E-state index in [1.54, 1.807) is 28.4 Å². The zero-order chi connectivity index (χ0) is 25.9. The topological polar surface area (TPSA) is 79.6 Å². The Labute approximate surface area is 221 Å². The third kappa shape index (κ3) is 5.30. The zero-order valence-corrected chi connectivity index (χ0v) is 21.9. The average Bonchev–Trinajstić information content (AvgIpc) is 3.58. The van der Waals surface area contributed by atoms with E-state index in [0.29, 0.717) is 28.5 Å². The van der Waals surface area contributed by atoms with Gasteiger partial charge in [-0.15, -0.1) is 22.7 Å². The fraction of sp³-hybridized carbons (Fsp3) is 0.185. The van der Waals surface area contributed by atoms with Gasteiger partial charge in [0.1, 0.15) is 17.2 Å². The number of halogens is 1. The standard InChI is InChI=1S/C27H24FN5O2S2/c1-17-23(33-14-15-36-27(33)30-17)25(34)29-12-13-32(16-19-6-4-3-5-7-19)26(35)22-24(37-18(2)31-22)20-8-10-21(28)11-9-20/h3-11,14-15H,12-13,16H2,1-2H3,(H,29,34). The normalized spacial score (nSPS) is 11.1. The molecule has 2 amide bonds. The maximum atomic E-state index is 13.8. The summed E-state index contributed by atoms with van der Waals surface area (Å²) in [4.78, 5) is 38.9. The van der Waals surface area contributed by atoms with Gasteiger partial charge in [0.05, 0.1) is 15.6 Å². The first-order chi connectivity index (χ1) is 17.9.